The Morgan fingerprint density at radius 3 is 3.28 bits per heavy atom. The van der Waals surface area contributed by atoms with Crippen LogP contribution in [0.3, 0.4) is 0 Å². The van der Waals surface area contributed by atoms with Crippen LogP contribution in [0.25, 0.3) is 0 Å². The highest BCUT2D eigenvalue weighted by Crippen LogP contribution is 2.21. The van der Waals surface area contributed by atoms with Crippen LogP contribution in [0.1, 0.15) is 32.6 Å². The van der Waals surface area contributed by atoms with E-state index in [0.29, 0.717) is 6.10 Å². The van der Waals surface area contributed by atoms with E-state index in [1.165, 1.54) is 12.8 Å². The second-order valence-electron chi connectivity index (χ2n) is 4.55. The van der Waals surface area contributed by atoms with Crippen molar-refractivity contribution in [2.75, 3.05) is 25.1 Å². The fourth-order valence-electron chi connectivity index (χ4n) is 2.08. The standard InChI is InChI=1S/C14H22N2O2/c1-2-10-18-13-6-3-8-15-14(13)16-9-7-12-5-4-11-17-12/h3,6,8,12H,2,4-5,7,9-11H2,1H3,(H,15,16). The fraction of sp³-hybridized carbons (Fsp3) is 0.643. The molecule has 100 valence electrons. The molecule has 18 heavy (non-hydrogen) atoms. The molecule has 0 aromatic carbocycles. The smallest absolute Gasteiger partial charge is 0.168 e. The highest BCUT2D eigenvalue weighted by atomic mass is 16.5. The van der Waals surface area contributed by atoms with Crippen LogP contribution in [-0.4, -0.2) is 30.8 Å². The molecule has 1 aliphatic rings. The molecule has 0 bridgehead atoms. The van der Waals surface area contributed by atoms with Gasteiger partial charge in [0.05, 0.1) is 12.7 Å². The van der Waals surface area contributed by atoms with Gasteiger partial charge in [-0.05, 0) is 37.8 Å². The highest BCUT2D eigenvalue weighted by molar-refractivity contribution is 5.49. The average Bonchev–Trinajstić information content (AvgIpc) is 2.91. The van der Waals surface area contributed by atoms with E-state index in [2.05, 4.69) is 17.2 Å². The predicted molar refractivity (Wildman–Crippen MR) is 72.1 cm³/mol. The molecule has 2 rings (SSSR count). The van der Waals surface area contributed by atoms with Crippen molar-refractivity contribution < 1.29 is 9.47 Å². The number of nitrogens with zero attached hydrogens (tertiary/aromatic N) is 1. The summed E-state index contributed by atoms with van der Waals surface area (Å²) in [5.74, 6) is 1.68. The van der Waals surface area contributed by atoms with Crippen LogP contribution in [0.4, 0.5) is 5.82 Å². The normalized spacial score (nSPS) is 18.8. The minimum absolute atomic E-state index is 0.418. The summed E-state index contributed by atoms with van der Waals surface area (Å²) < 4.78 is 11.2. The Morgan fingerprint density at radius 1 is 1.56 bits per heavy atom. The van der Waals surface area contributed by atoms with Crippen molar-refractivity contribution in [3.05, 3.63) is 18.3 Å². The summed E-state index contributed by atoms with van der Waals surface area (Å²) >= 11 is 0. The first-order valence-corrected chi connectivity index (χ1v) is 6.83. The molecule has 0 saturated carbocycles. The molecule has 1 aromatic heterocycles. The highest BCUT2D eigenvalue weighted by Gasteiger charge is 2.15. The molecule has 1 unspecified atom stereocenters. The summed E-state index contributed by atoms with van der Waals surface area (Å²) in [7, 11) is 0. The summed E-state index contributed by atoms with van der Waals surface area (Å²) in [6.07, 6.45) is 6.62. The van der Waals surface area contributed by atoms with E-state index < -0.39 is 0 Å². The van der Waals surface area contributed by atoms with Crippen molar-refractivity contribution in [3.63, 3.8) is 0 Å². The van der Waals surface area contributed by atoms with Gasteiger partial charge in [0.2, 0.25) is 0 Å². The Morgan fingerprint density at radius 2 is 2.50 bits per heavy atom. The molecule has 0 spiro atoms. The zero-order chi connectivity index (χ0) is 12.6. The van der Waals surface area contributed by atoms with Crippen LogP contribution in [0.2, 0.25) is 0 Å². The van der Waals surface area contributed by atoms with Crippen LogP contribution >= 0.6 is 0 Å². The quantitative estimate of drug-likeness (QED) is 0.808. The minimum atomic E-state index is 0.418. The van der Waals surface area contributed by atoms with E-state index in [-0.39, 0.29) is 0 Å². The lowest BCUT2D eigenvalue weighted by Gasteiger charge is -2.13. The Hall–Kier alpha value is -1.29. The average molecular weight is 250 g/mol. The Bertz CT molecular complexity index is 351. The number of ether oxygens (including phenoxy) is 2. The molecular weight excluding hydrogens is 228 g/mol. The van der Waals surface area contributed by atoms with Crippen molar-refractivity contribution in [1.82, 2.24) is 4.98 Å². The van der Waals surface area contributed by atoms with Gasteiger partial charge < -0.3 is 14.8 Å². The number of hydrogen-bond donors (Lipinski definition) is 1. The third-order valence-electron chi connectivity index (χ3n) is 3.02. The van der Waals surface area contributed by atoms with Gasteiger partial charge >= 0.3 is 0 Å². The van der Waals surface area contributed by atoms with Crippen molar-refractivity contribution in [1.29, 1.82) is 0 Å². The Labute approximate surface area is 109 Å². The molecule has 4 nitrogen and oxygen atoms in total. The van der Waals surface area contributed by atoms with Crippen LogP contribution in [0.15, 0.2) is 18.3 Å². The summed E-state index contributed by atoms with van der Waals surface area (Å²) in [4.78, 5) is 4.32. The largest absolute Gasteiger partial charge is 0.490 e. The van der Waals surface area contributed by atoms with Gasteiger partial charge in [-0.1, -0.05) is 6.92 Å². The summed E-state index contributed by atoms with van der Waals surface area (Å²) in [5, 5.41) is 3.33. The molecular formula is C14H22N2O2. The minimum Gasteiger partial charge on any atom is -0.490 e. The van der Waals surface area contributed by atoms with E-state index in [4.69, 9.17) is 9.47 Å². The molecule has 1 saturated heterocycles. The van der Waals surface area contributed by atoms with E-state index in [9.17, 15) is 0 Å². The lowest BCUT2D eigenvalue weighted by molar-refractivity contribution is 0.107. The maximum Gasteiger partial charge on any atom is 0.168 e. The third-order valence-corrected chi connectivity index (χ3v) is 3.02. The lowest BCUT2D eigenvalue weighted by Crippen LogP contribution is -2.13. The number of nitrogens with one attached hydrogen (secondary N) is 1. The van der Waals surface area contributed by atoms with Gasteiger partial charge in [-0.2, -0.15) is 0 Å². The molecule has 1 aromatic rings. The summed E-state index contributed by atoms with van der Waals surface area (Å²) in [5.41, 5.74) is 0. The molecule has 0 radical (unpaired) electrons. The third kappa shape index (κ3) is 3.88. The van der Waals surface area contributed by atoms with E-state index in [1.807, 2.05) is 12.1 Å². The van der Waals surface area contributed by atoms with Gasteiger partial charge in [0.25, 0.3) is 0 Å². The summed E-state index contributed by atoms with van der Waals surface area (Å²) in [6, 6.07) is 3.85. The molecule has 0 amide bonds. The first kappa shape index (κ1) is 13.1. The van der Waals surface area contributed by atoms with Crippen molar-refractivity contribution >= 4 is 5.82 Å². The molecule has 1 aliphatic heterocycles. The topological polar surface area (TPSA) is 43.4 Å². The van der Waals surface area contributed by atoms with Gasteiger partial charge in [0, 0.05) is 19.3 Å². The van der Waals surface area contributed by atoms with Gasteiger partial charge in [-0.15, -0.1) is 0 Å². The maximum atomic E-state index is 5.65. The SMILES string of the molecule is CCCOc1cccnc1NCCC1CCCO1. The van der Waals surface area contributed by atoms with Gasteiger partial charge in [-0.25, -0.2) is 4.98 Å². The lowest BCUT2D eigenvalue weighted by atomic mass is 10.2. The fourth-order valence-corrected chi connectivity index (χ4v) is 2.08. The molecule has 1 atom stereocenters. The first-order valence-electron chi connectivity index (χ1n) is 6.83. The monoisotopic (exact) mass is 250 g/mol. The number of aromatic nitrogens is 1. The second-order valence-corrected chi connectivity index (χ2v) is 4.55. The molecule has 1 fully saturated rings. The van der Waals surface area contributed by atoms with E-state index in [0.717, 1.165) is 44.2 Å². The predicted octanol–water partition coefficient (Wildman–Crippen LogP) is 2.85. The zero-order valence-corrected chi connectivity index (χ0v) is 11.0. The van der Waals surface area contributed by atoms with Gasteiger partial charge in [0.15, 0.2) is 11.6 Å². The number of hydrogen-bond acceptors (Lipinski definition) is 4. The first-order chi connectivity index (χ1) is 8.90. The zero-order valence-electron chi connectivity index (χ0n) is 11.0. The van der Waals surface area contributed by atoms with Crippen LogP contribution in [-0.2, 0) is 4.74 Å². The molecule has 1 N–H and O–H groups in total. The van der Waals surface area contributed by atoms with Crippen molar-refractivity contribution in [2.24, 2.45) is 0 Å². The maximum absolute atomic E-state index is 5.65. The second kappa shape index (κ2) is 7.21. The Kier molecular flexibility index (Phi) is 5.27. The van der Waals surface area contributed by atoms with Crippen LogP contribution < -0.4 is 10.1 Å². The van der Waals surface area contributed by atoms with Crippen molar-refractivity contribution in [2.45, 2.75) is 38.7 Å². The van der Waals surface area contributed by atoms with Crippen LogP contribution in [0.5, 0.6) is 5.75 Å². The van der Waals surface area contributed by atoms with E-state index in [1.54, 1.807) is 6.20 Å². The number of anilines is 1. The molecule has 4 heteroatoms. The van der Waals surface area contributed by atoms with Crippen molar-refractivity contribution in [3.8, 4) is 5.75 Å². The van der Waals surface area contributed by atoms with Gasteiger partial charge in [-0.3, -0.25) is 0 Å². The number of rotatable bonds is 7. The van der Waals surface area contributed by atoms with Crippen LogP contribution in [0, 0.1) is 0 Å². The Balaban J connectivity index is 1.79. The summed E-state index contributed by atoms with van der Waals surface area (Å²) in [6.45, 7) is 4.62. The van der Waals surface area contributed by atoms with E-state index >= 15 is 0 Å². The number of pyridine rings is 1. The molecule has 2 heterocycles. The molecule has 0 aliphatic carbocycles. The van der Waals surface area contributed by atoms with Gasteiger partial charge in [0.1, 0.15) is 0 Å².